The third-order valence-electron chi connectivity index (χ3n) is 7.42. The number of fused-ring (bicyclic) bond motifs is 1. The second-order valence-electron chi connectivity index (χ2n) is 9.81. The molecule has 7 nitrogen and oxygen atoms in total. The summed E-state index contributed by atoms with van der Waals surface area (Å²) in [6.07, 6.45) is 8.41. The van der Waals surface area contributed by atoms with Crippen LogP contribution in [0, 0.1) is 11.7 Å². The fraction of sp³-hybridized carbons (Fsp3) is 0.560. The van der Waals surface area contributed by atoms with Gasteiger partial charge in [-0.05, 0) is 43.4 Å². The van der Waals surface area contributed by atoms with E-state index in [4.69, 9.17) is 4.98 Å². The van der Waals surface area contributed by atoms with Crippen molar-refractivity contribution in [1.29, 1.82) is 0 Å². The van der Waals surface area contributed by atoms with Crippen molar-refractivity contribution < 1.29 is 9.18 Å². The van der Waals surface area contributed by atoms with Crippen LogP contribution in [-0.2, 0) is 4.79 Å². The quantitative estimate of drug-likeness (QED) is 0.743. The number of likely N-dealkylation sites (tertiary alicyclic amines) is 1. The van der Waals surface area contributed by atoms with Crippen molar-refractivity contribution in [3.05, 3.63) is 42.0 Å². The Kier molecular flexibility index (Phi) is 6.29. The lowest BCUT2D eigenvalue weighted by Gasteiger charge is -2.36. The van der Waals surface area contributed by atoms with Gasteiger partial charge in [-0.3, -0.25) is 10.2 Å². The molecular weight excluding hydrogens is 419 g/mol. The predicted octanol–water partition coefficient (Wildman–Crippen LogP) is 3.09. The van der Waals surface area contributed by atoms with Gasteiger partial charge >= 0.3 is 0 Å². The molecule has 3 aliphatic rings. The maximum Gasteiger partial charge on any atom is 0.241 e. The first kappa shape index (κ1) is 22.2. The number of rotatable bonds is 4. The van der Waals surface area contributed by atoms with E-state index in [-0.39, 0.29) is 23.7 Å². The van der Waals surface area contributed by atoms with Crippen molar-refractivity contribution in [2.24, 2.45) is 5.92 Å². The van der Waals surface area contributed by atoms with Gasteiger partial charge < -0.3 is 9.80 Å². The maximum atomic E-state index is 13.5. The van der Waals surface area contributed by atoms with Gasteiger partial charge in [0.15, 0.2) is 0 Å². The predicted molar refractivity (Wildman–Crippen MR) is 126 cm³/mol. The van der Waals surface area contributed by atoms with Crippen molar-refractivity contribution in [2.45, 2.75) is 56.5 Å². The summed E-state index contributed by atoms with van der Waals surface area (Å²) < 4.78 is 13.5. The summed E-state index contributed by atoms with van der Waals surface area (Å²) in [5, 5.41) is 0. The Balaban J connectivity index is 1.41. The molecule has 1 amide bonds. The zero-order valence-electron chi connectivity index (χ0n) is 19.4. The molecule has 2 saturated heterocycles. The van der Waals surface area contributed by atoms with Crippen molar-refractivity contribution in [3.8, 4) is 11.1 Å². The Morgan fingerprint density at radius 1 is 1.09 bits per heavy atom. The van der Waals surface area contributed by atoms with Crippen LogP contribution < -0.4 is 15.8 Å². The second kappa shape index (κ2) is 9.35. The van der Waals surface area contributed by atoms with E-state index >= 15 is 0 Å². The number of hydrogen-bond acceptors (Lipinski definition) is 6. The summed E-state index contributed by atoms with van der Waals surface area (Å²) >= 11 is 0. The topological polar surface area (TPSA) is 73.4 Å². The molecule has 1 saturated carbocycles. The molecule has 176 valence electrons. The first-order chi connectivity index (χ1) is 16.0. The molecule has 0 spiro atoms. The van der Waals surface area contributed by atoms with E-state index in [9.17, 15) is 9.18 Å². The number of nitrogens with zero attached hydrogens (tertiary/aromatic N) is 4. The standard InChI is InChI=1S/C25H33FN6O/c1-31(2)25-27-14-20(16-9-11-18(26)12-10-16)22(28-25)17-6-5-13-32(15-17)24(33)23-19-7-3-4-8-21(19)29-30-23/h9-12,14,17,19,21,23,29-30H,3-8,13,15H2,1-2H3. The molecule has 3 fully saturated rings. The number of carbonyl (C=O) groups excluding carboxylic acids is 1. The maximum absolute atomic E-state index is 13.5. The lowest BCUT2D eigenvalue weighted by atomic mass is 9.81. The van der Waals surface area contributed by atoms with Crippen LogP contribution in [0.25, 0.3) is 11.1 Å². The van der Waals surface area contributed by atoms with Gasteiger partial charge in [-0.2, -0.15) is 0 Å². The van der Waals surface area contributed by atoms with E-state index < -0.39 is 0 Å². The molecule has 1 aromatic carbocycles. The second-order valence-corrected chi connectivity index (χ2v) is 9.81. The van der Waals surface area contributed by atoms with Crippen LogP contribution in [0.2, 0.25) is 0 Å². The molecule has 1 aromatic heterocycles. The summed E-state index contributed by atoms with van der Waals surface area (Å²) in [5.74, 6) is 1.07. The fourth-order valence-corrected chi connectivity index (χ4v) is 5.65. The molecular formula is C25H33FN6O. The first-order valence-electron chi connectivity index (χ1n) is 12.1. The Morgan fingerprint density at radius 3 is 2.67 bits per heavy atom. The van der Waals surface area contributed by atoms with Crippen LogP contribution >= 0.6 is 0 Å². The number of benzene rings is 1. The van der Waals surface area contributed by atoms with Crippen LogP contribution in [0.15, 0.2) is 30.5 Å². The van der Waals surface area contributed by atoms with Crippen molar-refractivity contribution in [1.82, 2.24) is 25.7 Å². The third kappa shape index (κ3) is 4.46. The van der Waals surface area contributed by atoms with Gasteiger partial charge in [-0.1, -0.05) is 25.0 Å². The van der Waals surface area contributed by atoms with Gasteiger partial charge in [-0.25, -0.2) is 19.8 Å². The van der Waals surface area contributed by atoms with Crippen molar-refractivity contribution in [2.75, 3.05) is 32.1 Å². The number of aromatic nitrogens is 2. The van der Waals surface area contributed by atoms with Gasteiger partial charge in [0.1, 0.15) is 11.9 Å². The smallest absolute Gasteiger partial charge is 0.241 e. The Labute approximate surface area is 194 Å². The zero-order valence-corrected chi connectivity index (χ0v) is 19.4. The number of carbonyl (C=O) groups is 1. The van der Waals surface area contributed by atoms with Gasteiger partial charge in [-0.15, -0.1) is 0 Å². The van der Waals surface area contributed by atoms with Crippen LogP contribution in [0.1, 0.15) is 50.1 Å². The summed E-state index contributed by atoms with van der Waals surface area (Å²) in [7, 11) is 3.85. The fourth-order valence-electron chi connectivity index (χ4n) is 5.65. The largest absolute Gasteiger partial charge is 0.347 e. The lowest BCUT2D eigenvalue weighted by molar-refractivity contribution is -0.135. The molecule has 3 heterocycles. The van der Waals surface area contributed by atoms with Crippen LogP contribution in [-0.4, -0.2) is 60.0 Å². The molecule has 33 heavy (non-hydrogen) atoms. The number of nitrogens with one attached hydrogen (secondary N) is 2. The Morgan fingerprint density at radius 2 is 1.88 bits per heavy atom. The molecule has 1 aliphatic carbocycles. The SMILES string of the molecule is CN(C)c1ncc(-c2ccc(F)cc2)c(C2CCCN(C(=O)C3NNC4CCCCC43)C2)n1. The number of hydrazine groups is 1. The van der Waals surface area contributed by atoms with E-state index in [0.29, 0.717) is 24.5 Å². The van der Waals surface area contributed by atoms with E-state index in [2.05, 4.69) is 15.8 Å². The molecule has 5 rings (SSSR count). The summed E-state index contributed by atoms with van der Waals surface area (Å²) in [6.45, 7) is 1.43. The minimum absolute atomic E-state index is 0.112. The van der Waals surface area contributed by atoms with E-state index in [1.165, 1.54) is 25.0 Å². The van der Waals surface area contributed by atoms with Crippen LogP contribution in [0.4, 0.5) is 10.3 Å². The first-order valence-corrected chi connectivity index (χ1v) is 12.1. The number of anilines is 1. The number of halogens is 1. The number of hydrogen-bond donors (Lipinski definition) is 2. The summed E-state index contributed by atoms with van der Waals surface area (Å²) in [5.41, 5.74) is 9.42. The summed E-state index contributed by atoms with van der Waals surface area (Å²) in [6, 6.07) is 6.74. The molecule has 0 radical (unpaired) electrons. The van der Waals surface area contributed by atoms with Crippen LogP contribution in [0.5, 0.6) is 0 Å². The van der Waals surface area contributed by atoms with Gasteiger partial charge in [0.2, 0.25) is 11.9 Å². The summed E-state index contributed by atoms with van der Waals surface area (Å²) in [4.78, 5) is 26.9. The monoisotopic (exact) mass is 452 g/mol. The molecule has 2 aromatic rings. The van der Waals surface area contributed by atoms with E-state index in [0.717, 1.165) is 49.0 Å². The number of amides is 1. The average molecular weight is 453 g/mol. The van der Waals surface area contributed by atoms with E-state index in [1.807, 2.05) is 30.1 Å². The highest BCUT2D eigenvalue weighted by atomic mass is 19.1. The molecule has 8 heteroatoms. The Bertz CT molecular complexity index is 997. The molecule has 4 atom stereocenters. The highest BCUT2D eigenvalue weighted by Gasteiger charge is 2.43. The van der Waals surface area contributed by atoms with Gasteiger partial charge in [0.05, 0.1) is 5.69 Å². The van der Waals surface area contributed by atoms with Crippen molar-refractivity contribution in [3.63, 3.8) is 0 Å². The zero-order chi connectivity index (χ0) is 22.9. The third-order valence-corrected chi connectivity index (χ3v) is 7.42. The minimum Gasteiger partial charge on any atom is -0.347 e. The van der Waals surface area contributed by atoms with Crippen LogP contribution in [0.3, 0.4) is 0 Å². The van der Waals surface area contributed by atoms with Gasteiger partial charge in [0.25, 0.3) is 0 Å². The Hall–Kier alpha value is -2.58. The average Bonchev–Trinajstić information content (AvgIpc) is 3.28. The minimum atomic E-state index is -0.265. The van der Waals surface area contributed by atoms with Gasteiger partial charge in [0, 0.05) is 56.8 Å². The molecule has 2 N–H and O–H groups in total. The molecule has 0 bridgehead atoms. The molecule has 4 unspecified atom stereocenters. The van der Waals surface area contributed by atoms with E-state index in [1.54, 1.807) is 12.1 Å². The highest BCUT2D eigenvalue weighted by molar-refractivity contribution is 5.83. The van der Waals surface area contributed by atoms with Crippen molar-refractivity contribution >= 4 is 11.9 Å². The molecule has 2 aliphatic heterocycles. The highest BCUT2D eigenvalue weighted by Crippen LogP contribution is 2.36. The number of piperidine rings is 1. The lowest BCUT2D eigenvalue weighted by Crippen LogP contribution is -2.50. The normalized spacial score (nSPS) is 27.3.